The van der Waals surface area contributed by atoms with E-state index < -0.39 is 0 Å². The number of unbranched alkanes of at least 4 members (excludes halogenated alkanes) is 1. The van der Waals surface area contributed by atoms with Crippen molar-refractivity contribution in [3.05, 3.63) is 12.7 Å². The number of aliphatic imine (C=N–C) groups is 1. The quantitative estimate of drug-likeness (QED) is 0.334. The maximum atomic E-state index is 5.72. The van der Waals surface area contributed by atoms with Gasteiger partial charge >= 0.3 is 0 Å². The van der Waals surface area contributed by atoms with Crippen LogP contribution in [0.5, 0.6) is 0 Å². The molecule has 0 radical (unpaired) electrons. The summed E-state index contributed by atoms with van der Waals surface area (Å²) in [5, 5.41) is 3.43. The highest BCUT2D eigenvalue weighted by Gasteiger charge is 2.32. The summed E-state index contributed by atoms with van der Waals surface area (Å²) >= 11 is 0. The van der Waals surface area contributed by atoms with Gasteiger partial charge in [0.15, 0.2) is 5.96 Å². The Morgan fingerprint density at radius 2 is 2.20 bits per heavy atom. The molecule has 1 heterocycles. The zero-order valence-electron chi connectivity index (χ0n) is 13.2. The van der Waals surface area contributed by atoms with Crippen LogP contribution in [0.15, 0.2) is 17.6 Å². The van der Waals surface area contributed by atoms with Crippen LogP contribution < -0.4 is 5.32 Å². The van der Waals surface area contributed by atoms with Gasteiger partial charge in [-0.05, 0) is 12.8 Å². The third-order valence-corrected chi connectivity index (χ3v) is 3.88. The zero-order chi connectivity index (χ0) is 14.8. The summed E-state index contributed by atoms with van der Waals surface area (Å²) < 4.78 is 11.1. The van der Waals surface area contributed by atoms with Crippen molar-refractivity contribution in [1.82, 2.24) is 10.2 Å². The molecule has 0 bridgehead atoms. The number of hydrogen-bond acceptors (Lipinski definition) is 3. The first-order valence-corrected chi connectivity index (χ1v) is 7.33. The Morgan fingerprint density at radius 1 is 1.50 bits per heavy atom. The van der Waals surface area contributed by atoms with Gasteiger partial charge in [-0.2, -0.15) is 0 Å². The lowest BCUT2D eigenvalue weighted by atomic mass is 9.94. The highest BCUT2D eigenvalue weighted by molar-refractivity contribution is 5.79. The van der Waals surface area contributed by atoms with Gasteiger partial charge in [-0.15, -0.1) is 6.58 Å². The largest absolute Gasteiger partial charge is 0.381 e. The van der Waals surface area contributed by atoms with Crippen molar-refractivity contribution in [3.63, 3.8) is 0 Å². The fourth-order valence-corrected chi connectivity index (χ4v) is 2.40. The van der Waals surface area contributed by atoms with Crippen LogP contribution in [0, 0.1) is 0 Å². The molecule has 0 aromatic rings. The minimum atomic E-state index is -0.129. The molecule has 1 fully saturated rings. The molecule has 1 saturated heterocycles. The highest BCUT2D eigenvalue weighted by atomic mass is 16.5. The van der Waals surface area contributed by atoms with Crippen LogP contribution >= 0.6 is 0 Å². The number of hydrogen-bond donors (Lipinski definition) is 1. The molecule has 5 heteroatoms. The molecule has 116 valence electrons. The van der Waals surface area contributed by atoms with Gasteiger partial charge in [-0.3, -0.25) is 4.99 Å². The van der Waals surface area contributed by atoms with Crippen molar-refractivity contribution < 1.29 is 9.47 Å². The van der Waals surface area contributed by atoms with Crippen molar-refractivity contribution in [2.45, 2.75) is 31.3 Å². The van der Waals surface area contributed by atoms with E-state index in [1.165, 1.54) is 0 Å². The first kappa shape index (κ1) is 17.0. The van der Waals surface area contributed by atoms with E-state index in [2.05, 4.69) is 28.8 Å². The van der Waals surface area contributed by atoms with Crippen LogP contribution in [-0.2, 0) is 9.47 Å². The number of rotatable bonds is 7. The standard InChI is InChI=1S/C15H29N3O2/c1-5-6-7-10-18(3)14(16-2)17-13-15(19-4)8-11-20-12-9-15/h5H,1,6-13H2,2-4H3,(H,16,17). The summed E-state index contributed by atoms with van der Waals surface area (Å²) in [5.74, 6) is 0.914. The number of guanidine groups is 1. The van der Waals surface area contributed by atoms with E-state index in [9.17, 15) is 0 Å². The summed E-state index contributed by atoms with van der Waals surface area (Å²) in [7, 11) is 5.65. The van der Waals surface area contributed by atoms with Crippen LogP contribution in [0.1, 0.15) is 25.7 Å². The average Bonchev–Trinajstić information content (AvgIpc) is 2.49. The molecule has 0 unspecified atom stereocenters. The highest BCUT2D eigenvalue weighted by Crippen LogP contribution is 2.23. The SMILES string of the molecule is C=CCCCN(C)C(=NC)NCC1(OC)CCOCC1. The molecule has 0 aliphatic carbocycles. The summed E-state index contributed by atoms with van der Waals surface area (Å²) in [6, 6.07) is 0. The Bertz CT molecular complexity index is 312. The molecule has 1 aliphatic rings. The van der Waals surface area contributed by atoms with Crippen LogP contribution in [0.3, 0.4) is 0 Å². The smallest absolute Gasteiger partial charge is 0.193 e. The van der Waals surface area contributed by atoms with E-state index in [1.54, 1.807) is 7.11 Å². The van der Waals surface area contributed by atoms with Crippen molar-refractivity contribution >= 4 is 5.96 Å². The van der Waals surface area contributed by atoms with Gasteiger partial charge in [-0.1, -0.05) is 6.08 Å². The van der Waals surface area contributed by atoms with Gasteiger partial charge in [0, 0.05) is 60.4 Å². The number of ether oxygens (including phenoxy) is 2. The van der Waals surface area contributed by atoms with Gasteiger partial charge in [0.1, 0.15) is 0 Å². The number of nitrogens with zero attached hydrogens (tertiary/aromatic N) is 2. The lowest BCUT2D eigenvalue weighted by Gasteiger charge is -2.37. The zero-order valence-corrected chi connectivity index (χ0v) is 13.2. The minimum Gasteiger partial charge on any atom is -0.381 e. The second-order valence-electron chi connectivity index (χ2n) is 5.25. The fraction of sp³-hybridized carbons (Fsp3) is 0.800. The Hall–Kier alpha value is -1.07. The molecule has 0 saturated carbocycles. The second-order valence-corrected chi connectivity index (χ2v) is 5.25. The first-order chi connectivity index (χ1) is 9.67. The van der Waals surface area contributed by atoms with Gasteiger partial charge < -0.3 is 19.7 Å². The molecule has 1 aliphatic heterocycles. The molecule has 0 atom stereocenters. The van der Waals surface area contributed by atoms with E-state index in [-0.39, 0.29) is 5.60 Å². The molecule has 0 amide bonds. The summed E-state index contributed by atoms with van der Waals surface area (Å²) in [5.41, 5.74) is -0.129. The Balaban J connectivity index is 2.45. The first-order valence-electron chi connectivity index (χ1n) is 7.33. The Labute approximate surface area is 123 Å². The third kappa shape index (κ3) is 5.13. The number of methoxy groups -OCH3 is 1. The van der Waals surface area contributed by atoms with Crippen molar-refractivity contribution in [2.24, 2.45) is 4.99 Å². The van der Waals surface area contributed by atoms with E-state index in [1.807, 2.05) is 13.1 Å². The van der Waals surface area contributed by atoms with Gasteiger partial charge in [0.05, 0.1) is 5.60 Å². The summed E-state index contributed by atoms with van der Waals surface area (Å²) in [4.78, 5) is 6.48. The average molecular weight is 283 g/mol. The van der Waals surface area contributed by atoms with E-state index in [4.69, 9.17) is 9.47 Å². The van der Waals surface area contributed by atoms with E-state index in [0.29, 0.717) is 0 Å². The maximum absolute atomic E-state index is 5.72. The van der Waals surface area contributed by atoms with Gasteiger partial charge in [-0.25, -0.2) is 0 Å². The lowest BCUT2D eigenvalue weighted by Crippen LogP contribution is -2.51. The van der Waals surface area contributed by atoms with Crippen LogP contribution in [0.4, 0.5) is 0 Å². The van der Waals surface area contributed by atoms with E-state index in [0.717, 1.165) is 57.9 Å². The van der Waals surface area contributed by atoms with Crippen LogP contribution in [0.2, 0.25) is 0 Å². The van der Waals surface area contributed by atoms with Crippen LogP contribution in [-0.4, -0.2) is 64.0 Å². The molecule has 0 spiro atoms. The van der Waals surface area contributed by atoms with Crippen molar-refractivity contribution in [1.29, 1.82) is 0 Å². The summed E-state index contributed by atoms with van der Waals surface area (Å²) in [6.45, 7) is 7.02. The Morgan fingerprint density at radius 3 is 2.75 bits per heavy atom. The van der Waals surface area contributed by atoms with E-state index >= 15 is 0 Å². The normalized spacial score (nSPS) is 18.6. The Kier molecular flexibility index (Phi) is 7.62. The number of nitrogens with one attached hydrogen (secondary N) is 1. The molecule has 1 rings (SSSR count). The minimum absolute atomic E-state index is 0.129. The predicted molar refractivity (Wildman–Crippen MR) is 83.2 cm³/mol. The molecule has 5 nitrogen and oxygen atoms in total. The summed E-state index contributed by atoms with van der Waals surface area (Å²) in [6.07, 6.45) is 5.91. The van der Waals surface area contributed by atoms with Gasteiger partial charge in [0.25, 0.3) is 0 Å². The van der Waals surface area contributed by atoms with Crippen molar-refractivity contribution in [3.8, 4) is 0 Å². The molecular weight excluding hydrogens is 254 g/mol. The molecule has 20 heavy (non-hydrogen) atoms. The molecule has 0 aromatic carbocycles. The molecular formula is C15H29N3O2. The van der Waals surface area contributed by atoms with Gasteiger partial charge in [0.2, 0.25) is 0 Å². The molecule has 0 aromatic heterocycles. The van der Waals surface area contributed by atoms with Crippen molar-refractivity contribution in [2.75, 3.05) is 47.5 Å². The third-order valence-electron chi connectivity index (χ3n) is 3.88. The lowest BCUT2D eigenvalue weighted by molar-refractivity contribution is -0.0857. The van der Waals surface area contributed by atoms with Crippen LogP contribution in [0.25, 0.3) is 0 Å². The number of allylic oxidation sites excluding steroid dienone is 1. The molecule has 1 N–H and O–H groups in total. The fourth-order valence-electron chi connectivity index (χ4n) is 2.40. The predicted octanol–water partition coefficient (Wildman–Crippen LogP) is 1.66. The monoisotopic (exact) mass is 283 g/mol. The second kappa shape index (κ2) is 8.97. The topological polar surface area (TPSA) is 46.1 Å². The maximum Gasteiger partial charge on any atom is 0.193 e.